The van der Waals surface area contributed by atoms with Gasteiger partial charge in [0.15, 0.2) is 0 Å². The Morgan fingerprint density at radius 1 is 1.11 bits per heavy atom. The lowest BCUT2D eigenvalue weighted by atomic mass is 10.0. The van der Waals surface area contributed by atoms with E-state index >= 15 is 0 Å². The van der Waals surface area contributed by atoms with Crippen molar-refractivity contribution in [3.05, 3.63) is 41.2 Å². The lowest BCUT2D eigenvalue weighted by molar-refractivity contribution is 0.140. The summed E-state index contributed by atoms with van der Waals surface area (Å²) in [7, 11) is 1.67. The highest BCUT2D eigenvalue weighted by Gasteiger charge is 2.17. The molecule has 3 aromatic rings. The summed E-state index contributed by atoms with van der Waals surface area (Å²) in [6.07, 6.45) is 2.15. The number of hydrogen-bond donors (Lipinski definition) is 0. The summed E-state index contributed by atoms with van der Waals surface area (Å²) in [5, 5.41) is 0. The third kappa shape index (κ3) is 3.83. The zero-order valence-corrected chi connectivity index (χ0v) is 17.2. The quantitative estimate of drug-likeness (QED) is 0.558. The summed E-state index contributed by atoms with van der Waals surface area (Å²) in [6, 6.07) is 6.34. The Morgan fingerprint density at radius 2 is 1.89 bits per heavy atom. The fraction of sp³-hybridized carbons (Fsp3) is 0.455. The van der Waals surface area contributed by atoms with Gasteiger partial charge in [-0.15, -0.1) is 0 Å². The minimum absolute atomic E-state index is 0.353. The van der Waals surface area contributed by atoms with Crippen molar-refractivity contribution in [2.75, 3.05) is 20.3 Å². The molecule has 0 amide bonds. The molecule has 3 rings (SSSR count). The summed E-state index contributed by atoms with van der Waals surface area (Å²) in [5.41, 5.74) is 7.30. The molecular formula is C22H29N3O2. The first-order chi connectivity index (χ1) is 13.0. The van der Waals surface area contributed by atoms with Crippen LogP contribution >= 0.6 is 0 Å². The fourth-order valence-electron chi connectivity index (χ4n) is 3.35. The van der Waals surface area contributed by atoms with E-state index in [4.69, 9.17) is 14.5 Å². The molecule has 3 aromatic heterocycles. The van der Waals surface area contributed by atoms with Crippen molar-refractivity contribution >= 4 is 11.0 Å². The van der Waals surface area contributed by atoms with Crippen LogP contribution in [0.15, 0.2) is 24.4 Å². The second-order valence-electron chi connectivity index (χ2n) is 7.17. The SMILES string of the molecule is CCOCCn1cc(C)c2nc(-c3ccc(C(C)C)nc3OC)c(C)cc21. The van der Waals surface area contributed by atoms with Gasteiger partial charge >= 0.3 is 0 Å². The second kappa shape index (κ2) is 8.09. The largest absolute Gasteiger partial charge is 0.480 e. The van der Waals surface area contributed by atoms with E-state index in [0.29, 0.717) is 18.4 Å². The van der Waals surface area contributed by atoms with Crippen LogP contribution in [-0.4, -0.2) is 34.9 Å². The average molecular weight is 367 g/mol. The number of aromatic nitrogens is 3. The van der Waals surface area contributed by atoms with Crippen LogP contribution in [0.5, 0.6) is 5.88 Å². The van der Waals surface area contributed by atoms with Gasteiger partial charge in [-0.1, -0.05) is 13.8 Å². The molecule has 0 aromatic carbocycles. The molecule has 0 atom stereocenters. The maximum atomic E-state index is 5.59. The Kier molecular flexibility index (Phi) is 5.80. The molecule has 0 fully saturated rings. The Morgan fingerprint density at radius 3 is 2.56 bits per heavy atom. The topological polar surface area (TPSA) is 49.2 Å². The summed E-state index contributed by atoms with van der Waals surface area (Å²) >= 11 is 0. The van der Waals surface area contributed by atoms with Crippen molar-refractivity contribution < 1.29 is 9.47 Å². The van der Waals surface area contributed by atoms with Crippen molar-refractivity contribution in [1.29, 1.82) is 0 Å². The van der Waals surface area contributed by atoms with Gasteiger partial charge in [0, 0.05) is 25.0 Å². The van der Waals surface area contributed by atoms with Crippen LogP contribution in [0.1, 0.15) is 43.5 Å². The van der Waals surface area contributed by atoms with Gasteiger partial charge in [0.1, 0.15) is 0 Å². The van der Waals surface area contributed by atoms with E-state index in [1.807, 2.05) is 6.92 Å². The first-order valence-electron chi connectivity index (χ1n) is 9.56. The molecule has 3 heterocycles. The van der Waals surface area contributed by atoms with E-state index < -0.39 is 0 Å². The number of hydrogen-bond acceptors (Lipinski definition) is 4. The van der Waals surface area contributed by atoms with Crippen LogP contribution in [0.3, 0.4) is 0 Å². The third-order valence-corrected chi connectivity index (χ3v) is 4.83. The van der Waals surface area contributed by atoms with E-state index in [2.05, 4.69) is 61.6 Å². The molecule has 144 valence electrons. The molecule has 0 radical (unpaired) electrons. The van der Waals surface area contributed by atoms with Gasteiger partial charge in [-0.2, -0.15) is 0 Å². The standard InChI is InChI=1S/C22H29N3O2/c1-7-27-11-10-25-13-16(5)21-19(25)12-15(4)20(24-21)17-8-9-18(14(2)3)23-22(17)26-6/h8-9,12-14H,7,10-11H2,1-6H3. The van der Waals surface area contributed by atoms with E-state index in [0.717, 1.165) is 52.3 Å². The van der Waals surface area contributed by atoms with Gasteiger partial charge in [-0.3, -0.25) is 0 Å². The van der Waals surface area contributed by atoms with Gasteiger partial charge in [0.2, 0.25) is 5.88 Å². The maximum Gasteiger partial charge on any atom is 0.222 e. The first-order valence-corrected chi connectivity index (χ1v) is 9.56. The molecule has 0 aliphatic carbocycles. The number of methoxy groups -OCH3 is 1. The minimum Gasteiger partial charge on any atom is -0.480 e. The highest BCUT2D eigenvalue weighted by molar-refractivity contribution is 5.85. The smallest absolute Gasteiger partial charge is 0.222 e. The Hall–Kier alpha value is -2.40. The molecule has 0 saturated heterocycles. The predicted octanol–water partition coefficient (Wildman–Crippen LogP) is 4.88. The molecule has 0 bridgehead atoms. The molecule has 27 heavy (non-hydrogen) atoms. The molecule has 0 saturated carbocycles. The van der Waals surface area contributed by atoms with Gasteiger partial charge < -0.3 is 14.0 Å². The highest BCUT2D eigenvalue weighted by atomic mass is 16.5. The molecule has 0 spiro atoms. The zero-order valence-electron chi connectivity index (χ0n) is 17.2. The molecule has 0 aliphatic rings. The fourth-order valence-corrected chi connectivity index (χ4v) is 3.35. The first kappa shape index (κ1) is 19.4. The van der Waals surface area contributed by atoms with Crippen LogP contribution < -0.4 is 4.74 Å². The minimum atomic E-state index is 0.353. The van der Waals surface area contributed by atoms with Gasteiger partial charge in [-0.05, 0) is 56.0 Å². The third-order valence-electron chi connectivity index (χ3n) is 4.83. The van der Waals surface area contributed by atoms with Crippen LogP contribution in [0.4, 0.5) is 0 Å². The average Bonchev–Trinajstić information content (AvgIpc) is 2.95. The lowest BCUT2D eigenvalue weighted by Gasteiger charge is -2.13. The van der Waals surface area contributed by atoms with Crippen molar-refractivity contribution in [2.45, 2.75) is 47.1 Å². The Balaban J connectivity index is 2.08. The second-order valence-corrected chi connectivity index (χ2v) is 7.17. The number of rotatable bonds is 7. The summed E-state index contributed by atoms with van der Waals surface area (Å²) < 4.78 is 13.3. The molecule has 0 unspecified atom stereocenters. The maximum absolute atomic E-state index is 5.59. The summed E-state index contributed by atoms with van der Waals surface area (Å²) in [4.78, 5) is 9.68. The number of aryl methyl sites for hydroxylation is 2. The number of fused-ring (bicyclic) bond motifs is 1. The summed E-state index contributed by atoms with van der Waals surface area (Å²) in [5.74, 6) is 0.982. The van der Waals surface area contributed by atoms with Crippen LogP contribution in [0, 0.1) is 13.8 Å². The molecule has 0 N–H and O–H groups in total. The van der Waals surface area contributed by atoms with Crippen molar-refractivity contribution in [1.82, 2.24) is 14.5 Å². The molecule has 0 aliphatic heterocycles. The van der Waals surface area contributed by atoms with E-state index in [1.165, 1.54) is 0 Å². The van der Waals surface area contributed by atoms with E-state index in [9.17, 15) is 0 Å². The lowest BCUT2D eigenvalue weighted by Crippen LogP contribution is -2.05. The van der Waals surface area contributed by atoms with Gasteiger partial charge in [-0.25, -0.2) is 9.97 Å². The van der Waals surface area contributed by atoms with Crippen molar-refractivity contribution in [3.8, 4) is 17.1 Å². The highest BCUT2D eigenvalue weighted by Crippen LogP contribution is 2.33. The monoisotopic (exact) mass is 367 g/mol. The Bertz CT molecular complexity index is 944. The molecular weight excluding hydrogens is 338 g/mol. The number of nitrogens with zero attached hydrogens (tertiary/aromatic N) is 3. The van der Waals surface area contributed by atoms with Gasteiger partial charge in [0.25, 0.3) is 0 Å². The van der Waals surface area contributed by atoms with Crippen molar-refractivity contribution in [2.24, 2.45) is 0 Å². The van der Waals surface area contributed by atoms with E-state index in [-0.39, 0.29) is 0 Å². The van der Waals surface area contributed by atoms with Crippen molar-refractivity contribution in [3.63, 3.8) is 0 Å². The number of ether oxygens (including phenoxy) is 2. The van der Waals surface area contributed by atoms with E-state index in [1.54, 1.807) is 7.11 Å². The normalized spacial score (nSPS) is 11.5. The number of pyridine rings is 2. The predicted molar refractivity (Wildman–Crippen MR) is 110 cm³/mol. The molecule has 5 nitrogen and oxygen atoms in total. The van der Waals surface area contributed by atoms with Crippen LogP contribution in [-0.2, 0) is 11.3 Å². The zero-order chi connectivity index (χ0) is 19.6. The Labute approximate surface area is 161 Å². The van der Waals surface area contributed by atoms with Crippen LogP contribution in [0.25, 0.3) is 22.3 Å². The van der Waals surface area contributed by atoms with Gasteiger partial charge in [0.05, 0.1) is 36.0 Å². The van der Waals surface area contributed by atoms with Crippen LogP contribution in [0.2, 0.25) is 0 Å². The summed E-state index contributed by atoms with van der Waals surface area (Å²) in [6.45, 7) is 12.7. The molecule has 5 heteroatoms.